The van der Waals surface area contributed by atoms with Gasteiger partial charge >= 0.3 is 0 Å². The van der Waals surface area contributed by atoms with E-state index < -0.39 is 0 Å². The van der Waals surface area contributed by atoms with Gasteiger partial charge in [-0.1, -0.05) is 29.3 Å². The van der Waals surface area contributed by atoms with Crippen molar-refractivity contribution < 1.29 is 4.74 Å². The summed E-state index contributed by atoms with van der Waals surface area (Å²) < 4.78 is 6.21. The number of halogens is 1. The fraction of sp³-hybridized carbons (Fsp3) is 0.115. The zero-order valence-electron chi connectivity index (χ0n) is 18.5. The van der Waals surface area contributed by atoms with Gasteiger partial charge in [-0.15, -0.1) is 0 Å². The first-order valence-corrected chi connectivity index (χ1v) is 10.7. The molecule has 4 aromatic rings. The SMILES string of the molecule is Cc1cc(C)c(Oc2cc(Nc3ccc(Cl)cc3)nc(Nc3ccc(C#N)cc3)n2)c(C)c1. The fourth-order valence-electron chi connectivity index (χ4n) is 3.47. The van der Waals surface area contributed by atoms with Gasteiger partial charge in [0.15, 0.2) is 0 Å². The van der Waals surface area contributed by atoms with Gasteiger partial charge in [0.1, 0.15) is 11.6 Å². The van der Waals surface area contributed by atoms with Gasteiger partial charge in [0, 0.05) is 22.5 Å². The lowest BCUT2D eigenvalue weighted by atomic mass is 10.1. The molecule has 0 bridgehead atoms. The molecule has 6 nitrogen and oxygen atoms in total. The van der Waals surface area contributed by atoms with E-state index >= 15 is 0 Å². The number of benzene rings is 3. The molecule has 0 aliphatic carbocycles. The summed E-state index contributed by atoms with van der Waals surface area (Å²) in [5.41, 5.74) is 5.39. The molecule has 0 unspecified atom stereocenters. The van der Waals surface area contributed by atoms with Crippen LogP contribution in [0.3, 0.4) is 0 Å². The van der Waals surface area contributed by atoms with Gasteiger partial charge < -0.3 is 15.4 Å². The Morgan fingerprint density at radius 1 is 0.818 bits per heavy atom. The van der Waals surface area contributed by atoms with Crippen molar-refractivity contribution in [3.8, 4) is 17.7 Å². The standard InChI is InChI=1S/C26H22ClN5O/c1-16-12-17(2)25(18(3)13-16)33-24-14-23(29-21-10-6-20(27)7-11-21)31-26(32-24)30-22-8-4-19(15-28)5-9-22/h4-14H,1-3H3,(H2,29,30,31,32). The summed E-state index contributed by atoms with van der Waals surface area (Å²) in [5.74, 6) is 2.07. The van der Waals surface area contributed by atoms with Gasteiger partial charge in [-0.3, -0.25) is 0 Å². The molecule has 0 saturated heterocycles. The normalized spacial score (nSPS) is 10.4. The van der Waals surface area contributed by atoms with Crippen LogP contribution in [-0.4, -0.2) is 9.97 Å². The molecule has 0 saturated carbocycles. The minimum absolute atomic E-state index is 0.357. The van der Waals surface area contributed by atoms with Crippen LogP contribution in [0.1, 0.15) is 22.3 Å². The molecule has 0 radical (unpaired) electrons. The topological polar surface area (TPSA) is 82.9 Å². The van der Waals surface area contributed by atoms with Crippen LogP contribution < -0.4 is 15.4 Å². The van der Waals surface area contributed by atoms with E-state index in [9.17, 15) is 0 Å². The Balaban J connectivity index is 1.69. The Labute approximate surface area is 197 Å². The molecule has 7 heteroatoms. The fourth-order valence-corrected chi connectivity index (χ4v) is 3.59. The highest BCUT2D eigenvalue weighted by molar-refractivity contribution is 6.30. The summed E-state index contributed by atoms with van der Waals surface area (Å²) >= 11 is 6.00. The van der Waals surface area contributed by atoms with Crippen LogP contribution in [0.25, 0.3) is 0 Å². The molecule has 0 spiro atoms. The van der Waals surface area contributed by atoms with Crippen LogP contribution in [0.4, 0.5) is 23.1 Å². The minimum atomic E-state index is 0.357. The Morgan fingerprint density at radius 2 is 1.42 bits per heavy atom. The molecule has 1 aromatic heterocycles. The molecule has 33 heavy (non-hydrogen) atoms. The third kappa shape index (κ3) is 5.59. The van der Waals surface area contributed by atoms with E-state index in [2.05, 4.69) is 45.7 Å². The molecule has 0 aliphatic heterocycles. The summed E-state index contributed by atoms with van der Waals surface area (Å²) in [6.07, 6.45) is 0. The lowest BCUT2D eigenvalue weighted by Crippen LogP contribution is -2.03. The molecule has 0 amide bonds. The van der Waals surface area contributed by atoms with Crippen LogP contribution in [0, 0.1) is 32.1 Å². The highest BCUT2D eigenvalue weighted by atomic mass is 35.5. The molecule has 2 N–H and O–H groups in total. The number of ether oxygens (including phenoxy) is 1. The third-order valence-electron chi connectivity index (χ3n) is 4.90. The van der Waals surface area contributed by atoms with E-state index in [0.29, 0.717) is 28.2 Å². The lowest BCUT2D eigenvalue weighted by molar-refractivity contribution is 0.456. The van der Waals surface area contributed by atoms with E-state index in [4.69, 9.17) is 21.6 Å². The number of nitrogens with one attached hydrogen (secondary N) is 2. The summed E-state index contributed by atoms with van der Waals surface area (Å²) in [4.78, 5) is 9.13. The summed E-state index contributed by atoms with van der Waals surface area (Å²) in [6.45, 7) is 6.08. The summed E-state index contributed by atoms with van der Waals surface area (Å²) in [7, 11) is 0. The Kier molecular flexibility index (Phi) is 6.43. The van der Waals surface area contributed by atoms with Crippen molar-refractivity contribution in [1.29, 1.82) is 5.26 Å². The number of hydrogen-bond donors (Lipinski definition) is 2. The number of rotatable bonds is 6. The van der Waals surface area contributed by atoms with Crippen LogP contribution in [0.5, 0.6) is 11.6 Å². The predicted octanol–water partition coefficient (Wildman–Crippen LogP) is 7.21. The van der Waals surface area contributed by atoms with Gasteiger partial charge in [0.05, 0.1) is 11.6 Å². The molecular weight excluding hydrogens is 434 g/mol. The average molecular weight is 456 g/mol. The second-order valence-corrected chi connectivity index (χ2v) is 8.13. The summed E-state index contributed by atoms with van der Waals surface area (Å²) in [6, 6.07) is 22.4. The van der Waals surface area contributed by atoms with Gasteiger partial charge in [0.2, 0.25) is 11.8 Å². The van der Waals surface area contributed by atoms with E-state index in [0.717, 1.165) is 28.3 Å². The number of nitriles is 1. The van der Waals surface area contributed by atoms with E-state index in [1.807, 2.05) is 26.0 Å². The quantitative estimate of drug-likeness (QED) is 0.319. The van der Waals surface area contributed by atoms with Crippen LogP contribution >= 0.6 is 11.6 Å². The largest absolute Gasteiger partial charge is 0.438 e. The first-order valence-electron chi connectivity index (χ1n) is 10.3. The van der Waals surface area contributed by atoms with Crippen LogP contribution in [0.15, 0.2) is 66.7 Å². The third-order valence-corrected chi connectivity index (χ3v) is 5.15. The molecule has 0 atom stereocenters. The van der Waals surface area contributed by atoms with Crippen molar-refractivity contribution in [2.75, 3.05) is 10.6 Å². The summed E-state index contributed by atoms with van der Waals surface area (Å²) in [5, 5.41) is 16.1. The predicted molar refractivity (Wildman–Crippen MR) is 132 cm³/mol. The van der Waals surface area contributed by atoms with Crippen molar-refractivity contribution in [3.05, 3.63) is 94.0 Å². The number of nitrogens with zero attached hydrogens (tertiary/aromatic N) is 3. The number of aromatic nitrogens is 2. The number of hydrogen-bond acceptors (Lipinski definition) is 6. The van der Waals surface area contributed by atoms with Gasteiger partial charge in [-0.2, -0.15) is 15.2 Å². The van der Waals surface area contributed by atoms with Crippen LogP contribution in [0.2, 0.25) is 5.02 Å². The van der Waals surface area contributed by atoms with Crippen molar-refractivity contribution in [2.24, 2.45) is 0 Å². The first-order chi connectivity index (χ1) is 15.9. The lowest BCUT2D eigenvalue weighted by Gasteiger charge is -2.15. The zero-order chi connectivity index (χ0) is 23.4. The Morgan fingerprint density at radius 3 is 2.06 bits per heavy atom. The highest BCUT2D eigenvalue weighted by Gasteiger charge is 2.12. The molecule has 1 heterocycles. The number of aryl methyl sites for hydroxylation is 3. The maximum Gasteiger partial charge on any atom is 0.232 e. The minimum Gasteiger partial charge on any atom is -0.438 e. The maximum absolute atomic E-state index is 9.02. The van der Waals surface area contributed by atoms with Crippen molar-refractivity contribution in [2.45, 2.75) is 20.8 Å². The van der Waals surface area contributed by atoms with Crippen molar-refractivity contribution in [3.63, 3.8) is 0 Å². The molecule has 3 aromatic carbocycles. The van der Waals surface area contributed by atoms with Gasteiger partial charge in [0.25, 0.3) is 0 Å². The molecule has 0 aliphatic rings. The highest BCUT2D eigenvalue weighted by Crippen LogP contribution is 2.31. The Hall–Kier alpha value is -4.08. The monoisotopic (exact) mass is 455 g/mol. The molecule has 4 rings (SSSR count). The van der Waals surface area contributed by atoms with Gasteiger partial charge in [-0.05, 0) is 80.4 Å². The van der Waals surface area contributed by atoms with Crippen LogP contribution in [-0.2, 0) is 0 Å². The average Bonchev–Trinajstić information content (AvgIpc) is 2.78. The first kappa shape index (κ1) is 22.1. The molecule has 0 fully saturated rings. The van der Waals surface area contributed by atoms with E-state index in [1.165, 1.54) is 5.56 Å². The molecule has 164 valence electrons. The maximum atomic E-state index is 9.02. The second kappa shape index (κ2) is 9.60. The van der Waals surface area contributed by atoms with E-state index in [1.54, 1.807) is 42.5 Å². The van der Waals surface area contributed by atoms with E-state index in [-0.39, 0.29) is 0 Å². The second-order valence-electron chi connectivity index (χ2n) is 7.69. The number of anilines is 4. The van der Waals surface area contributed by atoms with Gasteiger partial charge in [-0.25, -0.2) is 0 Å². The zero-order valence-corrected chi connectivity index (χ0v) is 19.2. The molecular formula is C26H22ClN5O. The Bertz CT molecular complexity index is 1310. The smallest absolute Gasteiger partial charge is 0.232 e. The van der Waals surface area contributed by atoms with Crippen molar-refractivity contribution in [1.82, 2.24) is 9.97 Å². The van der Waals surface area contributed by atoms with Crippen molar-refractivity contribution >= 4 is 34.7 Å².